The first kappa shape index (κ1) is 17.5. The van der Waals surface area contributed by atoms with Crippen LogP contribution in [0.1, 0.15) is 57.1 Å². The number of piperidine rings is 1. The van der Waals surface area contributed by atoms with E-state index < -0.39 is 11.4 Å². The summed E-state index contributed by atoms with van der Waals surface area (Å²) < 4.78 is 21.5. The lowest BCUT2D eigenvalue weighted by atomic mass is 9.74. The lowest BCUT2D eigenvalue weighted by molar-refractivity contribution is 0.163. The smallest absolute Gasteiger partial charge is 0.273 e. The number of fused-ring (bicyclic) bond motifs is 1. The zero-order valence-corrected chi connectivity index (χ0v) is 16.0. The minimum absolute atomic E-state index is 0.117. The van der Waals surface area contributed by atoms with Crippen LogP contribution in [0.25, 0.3) is 0 Å². The van der Waals surface area contributed by atoms with Crippen molar-refractivity contribution in [3.05, 3.63) is 10.6 Å². The molecule has 3 rings (SSSR count). The van der Waals surface area contributed by atoms with Crippen LogP contribution in [0.4, 0.5) is 0 Å². The molecule has 1 saturated heterocycles. The Kier molecular flexibility index (Phi) is 4.95. The highest BCUT2D eigenvalue weighted by atomic mass is 32.2. The number of hydrogen-bond donors (Lipinski definition) is 2. The third-order valence-corrected chi connectivity index (χ3v) is 7.39. The maximum absolute atomic E-state index is 12.7. The molecule has 1 fully saturated rings. The van der Waals surface area contributed by atoms with Gasteiger partial charge in [0, 0.05) is 16.8 Å². The summed E-state index contributed by atoms with van der Waals surface area (Å²) in [7, 11) is 0. The predicted molar refractivity (Wildman–Crippen MR) is 95.3 cm³/mol. The van der Waals surface area contributed by atoms with E-state index in [1.807, 2.05) is 27.7 Å². The first-order valence-electron chi connectivity index (χ1n) is 8.37. The molecule has 2 atom stereocenters. The van der Waals surface area contributed by atoms with Gasteiger partial charge in [0.1, 0.15) is 4.75 Å². The Bertz CT molecular complexity index is 550. The summed E-state index contributed by atoms with van der Waals surface area (Å²) in [6, 6.07) is 0.117. The average molecular weight is 358 g/mol. The second-order valence-corrected chi connectivity index (χ2v) is 10.4. The fourth-order valence-electron chi connectivity index (χ4n) is 3.44. The summed E-state index contributed by atoms with van der Waals surface area (Å²) in [6.07, 6.45) is 3.16. The van der Waals surface area contributed by atoms with E-state index in [1.165, 1.54) is 4.88 Å². The first-order chi connectivity index (χ1) is 10.9. The van der Waals surface area contributed by atoms with Crippen LogP contribution in [0.15, 0.2) is 0 Å². The van der Waals surface area contributed by atoms with Gasteiger partial charge in [-0.3, -0.25) is 0 Å². The molecular weight excluding hydrogens is 330 g/mol. The molecule has 1 spiro atoms. The maximum atomic E-state index is 12.7. The first-order valence-corrected chi connectivity index (χ1v) is 10.3. The number of thiazole rings is 1. The molecule has 1 aromatic rings. The molecule has 0 amide bonds. The normalized spacial score (nSPS) is 24.7. The van der Waals surface area contributed by atoms with Crippen molar-refractivity contribution in [1.29, 1.82) is 0 Å². The van der Waals surface area contributed by atoms with Crippen molar-refractivity contribution in [2.45, 2.75) is 57.7 Å². The van der Waals surface area contributed by atoms with Crippen molar-refractivity contribution in [2.75, 3.05) is 19.7 Å². The topological polar surface area (TPSA) is 69.2 Å². The summed E-state index contributed by atoms with van der Waals surface area (Å²) in [5.74, 6) is 0. The molecule has 130 valence electrons. The van der Waals surface area contributed by atoms with Gasteiger partial charge in [-0.1, -0.05) is 11.3 Å². The molecule has 2 N–H and O–H groups in total. The van der Waals surface area contributed by atoms with Gasteiger partial charge in [-0.2, -0.15) is 0 Å². The number of rotatable bonds is 4. The molecule has 1 unspecified atom stereocenters. The van der Waals surface area contributed by atoms with Gasteiger partial charge in [0.15, 0.2) is 0 Å². The standard InChI is InChI=1S/C16H27N3O2S2/c1-5-21-14-18-11-10-16(6-8-17-9-7-16)13(12(11)22-14)19-23(20)15(2,3)4/h13,17,19H,5-10H2,1-4H3/t13-,23?/m1/s1. The van der Waals surface area contributed by atoms with Crippen molar-refractivity contribution in [3.8, 4) is 5.19 Å². The van der Waals surface area contributed by atoms with Gasteiger partial charge in [0.25, 0.3) is 5.19 Å². The number of ether oxygens (including phenoxy) is 1. The second-order valence-electron chi connectivity index (χ2n) is 7.44. The predicted octanol–water partition coefficient (Wildman–Crippen LogP) is 2.56. The summed E-state index contributed by atoms with van der Waals surface area (Å²) in [4.78, 5) is 5.92. The number of nitrogens with zero attached hydrogens (tertiary/aromatic N) is 1. The quantitative estimate of drug-likeness (QED) is 0.811. The Morgan fingerprint density at radius 2 is 2.13 bits per heavy atom. The largest absolute Gasteiger partial charge is 0.598 e. The van der Waals surface area contributed by atoms with Crippen molar-refractivity contribution in [2.24, 2.45) is 5.41 Å². The van der Waals surface area contributed by atoms with Crippen LogP contribution in [0.5, 0.6) is 5.19 Å². The van der Waals surface area contributed by atoms with Gasteiger partial charge in [-0.25, -0.2) is 4.98 Å². The van der Waals surface area contributed by atoms with Crippen LogP contribution in [-0.4, -0.2) is 34.0 Å². The Labute approximate surface area is 145 Å². The van der Waals surface area contributed by atoms with Crippen molar-refractivity contribution in [1.82, 2.24) is 15.0 Å². The molecule has 1 aliphatic carbocycles. The third-order valence-electron chi connectivity index (χ3n) is 4.75. The molecule has 1 aliphatic heterocycles. The molecule has 0 saturated carbocycles. The van der Waals surface area contributed by atoms with Crippen LogP contribution in [0, 0.1) is 5.41 Å². The van der Waals surface area contributed by atoms with E-state index in [0.29, 0.717) is 6.61 Å². The lowest BCUT2D eigenvalue weighted by Gasteiger charge is -2.40. The molecule has 0 aromatic carbocycles. The molecule has 23 heavy (non-hydrogen) atoms. The van der Waals surface area contributed by atoms with E-state index >= 15 is 0 Å². The van der Waals surface area contributed by atoms with Crippen molar-refractivity contribution >= 4 is 22.7 Å². The number of hydrogen-bond acceptors (Lipinski definition) is 6. The zero-order valence-electron chi connectivity index (χ0n) is 14.4. The number of nitrogens with one attached hydrogen (secondary N) is 2. The van der Waals surface area contributed by atoms with E-state index in [-0.39, 0.29) is 16.2 Å². The van der Waals surface area contributed by atoms with Gasteiger partial charge >= 0.3 is 0 Å². The van der Waals surface area contributed by atoms with Crippen LogP contribution < -0.4 is 14.8 Å². The summed E-state index contributed by atoms with van der Waals surface area (Å²) in [5, 5.41) is 4.19. The SMILES string of the molecule is CCOc1nc2c(s1)[C@@H](N[S+]([O-])C(C)(C)C)C1(CCNCC1)C2. The summed E-state index contributed by atoms with van der Waals surface area (Å²) in [6.45, 7) is 10.7. The molecular formula is C16H27N3O2S2. The van der Waals surface area contributed by atoms with Crippen LogP contribution in [0.2, 0.25) is 0 Å². The van der Waals surface area contributed by atoms with E-state index in [0.717, 1.165) is 43.2 Å². The second kappa shape index (κ2) is 6.52. The van der Waals surface area contributed by atoms with E-state index in [4.69, 9.17) is 4.74 Å². The average Bonchev–Trinajstić information content (AvgIpc) is 2.96. The lowest BCUT2D eigenvalue weighted by Crippen LogP contribution is -2.48. The maximum Gasteiger partial charge on any atom is 0.273 e. The Balaban J connectivity index is 1.89. The molecule has 2 aliphatic rings. The molecule has 5 nitrogen and oxygen atoms in total. The molecule has 1 aromatic heterocycles. The van der Waals surface area contributed by atoms with E-state index in [1.54, 1.807) is 11.3 Å². The Morgan fingerprint density at radius 3 is 2.74 bits per heavy atom. The zero-order chi connectivity index (χ0) is 16.7. The summed E-state index contributed by atoms with van der Waals surface area (Å²) >= 11 is 0.535. The highest BCUT2D eigenvalue weighted by Gasteiger charge is 2.51. The molecule has 7 heteroatoms. The minimum Gasteiger partial charge on any atom is -0.598 e. The summed E-state index contributed by atoms with van der Waals surface area (Å²) in [5.41, 5.74) is 1.29. The van der Waals surface area contributed by atoms with Gasteiger partial charge < -0.3 is 14.6 Å². The fraction of sp³-hybridized carbons (Fsp3) is 0.812. The van der Waals surface area contributed by atoms with Gasteiger partial charge in [-0.15, -0.1) is 4.72 Å². The van der Waals surface area contributed by atoms with Gasteiger partial charge in [0.2, 0.25) is 0 Å². The monoisotopic (exact) mass is 357 g/mol. The van der Waals surface area contributed by atoms with E-state index in [9.17, 15) is 4.55 Å². The third kappa shape index (κ3) is 3.39. The highest BCUT2D eigenvalue weighted by Crippen LogP contribution is 2.54. The number of aromatic nitrogens is 1. The fourth-order valence-corrected chi connectivity index (χ4v) is 5.64. The van der Waals surface area contributed by atoms with Crippen LogP contribution in [-0.2, 0) is 17.8 Å². The Hall–Kier alpha value is -0.340. The van der Waals surface area contributed by atoms with Crippen molar-refractivity contribution < 1.29 is 9.29 Å². The van der Waals surface area contributed by atoms with Gasteiger partial charge in [-0.05, 0) is 60.0 Å². The Morgan fingerprint density at radius 1 is 1.43 bits per heavy atom. The van der Waals surface area contributed by atoms with Crippen LogP contribution in [0.3, 0.4) is 0 Å². The molecule has 2 heterocycles. The highest BCUT2D eigenvalue weighted by molar-refractivity contribution is 7.90. The van der Waals surface area contributed by atoms with Gasteiger partial charge in [0.05, 0.1) is 23.2 Å². The minimum atomic E-state index is -1.09. The molecule has 0 radical (unpaired) electrons. The van der Waals surface area contributed by atoms with Crippen molar-refractivity contribution in [3.63, 3.8) is 0 Å². The van der Waals surface area contributed by atoms with Crippen LogP contribution >= 0.6 is 11.3 Å². The van der Waals surface area contributed by atoms with E-state index in [2.05, 4.69) is 15.0 Å². The molecule has 0 bridgehead atoms.